The van der Waals surface area contributed by atoms with Gasteiger partial charge in [-0.2, -0.15) is 0 Å². The number of benzene rings is 1. The van der Waals surface area contributed by atoms with Gasteiger partial charge in [-0.1, -0.05) is 64.0 Å². The van der Waals surface area contributed by atoms with Crippen LogP contribution in [0.3, 0.4) is 0 Å². The lowest BCUT2D eigenvalue weighted by Crippen LogP contribution is -2.04. The lowest BCUT2D eigenvalue weighted by Gasteiger charge is -2.08. The summed E-state index contributed by atoms with van der Waals surface area (Å²) >= 11 is 0. The van der Waals surface area contributed by atoms with Gasteiger partial charge < -0.3 is 10.3 Å². The minimum absolute atomic E-state index is 0.846. The number of rotatable bonds is 13. The molecule has 1 heterocycles. The van der Waals surface area contributed by atoms with Gasteiger partial charge in [0.1, 0.15) is 5.82 Å². The number of unbranched alkanes of at least 4 members (excludes halogenated alkanes) is 8. The standard InChI is InChI=1S/C21H35N3/c1-2-3-18-24-20-15-12-11-14-19(20)23-21(24)16-10-8-6-4-5-7-9-13-17-22/h11-12,14-15H,2-10,13,16-18,22H2,1H3. The van der Waals surface area contributed by atoms with Crippen molar-refractivity contribution in [2.75, 3.05) is 6.54 Å². The zero-order chi connectivity index (χ0) is 17.0. The normalized spacial score (nSPS) is 11.4. The second-order valence-electron chi connectivity index (χ2n) is 6.89. The van der Waals surface area contributed by atoms with E-state index in [4.69, 9.17) is 10.7 Å². The second kappa shape index (κ2) is 11.2. The quantitative estimate of drug-likeness (QED) is 0.496. The number of fused-ring (bicyclic) bond motifs is 1. The summed E-state index contributed by atoms with van der Waals surface area (Å²) in [6.07, 6.45) is 14.1. The predicted molar refractivity (Wildman–Crippen MR) is 104 cm³/mol. The molecule has 24 heavy (non-hydrogen) atoms. The number of nitrogens with zero attached hydrogens (tertiary/aromatic N) is 2. The average Bonchev–Trinajstić information content (AvgIpc) is 2.96. The molecule has 0 atom stereocenters. The Morgan fingerprint density at radius 3 is 2.25 bits per heavy atom. The van der Waals surface area contributed by atoms with Crippen molar-refractivity contribution in [3.8, 4) is 0 Å². The Morgan fingerprint density at radius 1 is 0.875 bits per heavy atom. The second-order valence-corrected chi connectivity index (χ2v) is 6.89. The topological polar surface area (TPSA) is 43.8 Å². The van der Waals surface area contributed by atoms with Crippen LogP contribution >= 0.6 is 0 Å². The van der Waals surface area contributed by atoms with Crippen molar-refractivity contribution in [1.29, 1.82) is 0 Å². The predicted octanol–water partition coefficient (Wildman–Crippen LogP) is 5.46. The molecule has 0 saturated heterocycles. The van der Waals surface area contributed by atoms with Crippen molar-refractivity contribution >= 4 is 11.0 Å². The van der Waals surface area contributed by atoms with Crippen LogP contribution in [-0.4, -0.2) is 16.1 Å². The van der Waals surface area contributed by atoms with Gasteiger partial charge >= 0.3 is 0 Å². The molecule has 0 spiro atoms. The fourth-order valence-electron chi connectivity index (χ4n) is 3.37. The molecule has 0 aliphatic heterocycles. The van der Waals surface area contributed by atoms with E-state index in [2.05, 4.69) is 35.8 Å². The molecule has 2 N–H and O–H groups in total. The molecule has 1 aromatic carbocycles. The minimum atomic E-state index is 0.846. The molecule has 0 fully saturated rings. The zero-order valence-corrected chi connectivity index (χ0v) is 15.5. The van der Waals surface area contributed by atoms with Gasteiger partial charge in [0.05, 0.1) is 11.0 Å². The highest BCUT2D eigenvalue weighted by atomic mass is 15.1. The van der Waals surface area contributed by atoms with Crippen LogP contribution in [0.4, 0.5) is 0 Å². The summed E-state index contributed by atoms with van der Waals surface area (Å²) in [5.74, 6) is 1.28. The summed E-state index contributed by atoms with van der Waals surface area (Å²) in [5.41, 5.74) is 7.99. The SMILES string of the molecule is CCCCn1c(CCCCCCCCCCN)nc2ccccc21. The summed E-state index contributed by atoms with van der Waals surface area (Å²) in [4.78, 5) is 4.88. The summed E-state index contributed by atoms with van der Waals surface area (Å²) in [6, 6.07) is 8.57. The Hall–Kier alpha value is -1.35. The largest absolute Gasteiger partial charge is 0.330 e. The average molecular weight is 330 g/mol. The van der Waals surface area contributed by atoms with Crippen LogP contribution in [0, 0.1) is 0 Å². The number of nitrogens with two attached hydrogens (primary N) is 1. The summed E-state index contributed by atoms with van der Waals surface area (Å²) < 4.78 is 2.45. The van der Waals surface area contributed by atoms with Crippen LogP contribution in [-0.2, 0) is 13.0 Å². The molecule has 0 amide bonds. The molecular formula is C21H35N3. The van der Waals surface area contributed by atoms with Crippen molar-refractivity contribution in [2.24, 2.45) is 5.73 Å². The highest BCUT2D eigenvalue weighted by Crippen LogP contribution is 2.19. The van der Waals surface area contributed by atoms with Crippen LogP contribution in [0.15, 0.2) is 24.3 Å². The van der Waals surface area contributed by atoms with E-state index < -0.39 is 0 Å². The van der Waals surface area contributed by atoms with E-state index in [1.54, 1.807) is 0 Å². The third kappa shape index (κ3) is 5.94. The number of hydrogen-bond donors (Lipinski definition) is 1. The summed E-state index contributed by atoms with van der Waals surface area (Å²) in [5, 5.41) is 0. The Balaban J connectivity index is 1.75. The van der Waals surface area contributed by atoms with Crippen LogP contribution in [0.1, 0.15) is 77.0 Å². The first-order valence-electron chi connectivity index (χ1n) is 10.0. The van der Waals surface area contributed by atoms with E-state index in [-0.39, 0.29) is 0 Å². The maximum Gasteiger partial charge on any atom is 0.109 e. The molecule has 3 heteroatoms. The van der Waals surface area contributed by atoms with Crippen molar-refractivity contribution in [3.05, 3.63) is 30.1 Å². The summed E-state index contributed by atoms with van der Waals surface area (Å²) in [7, 11) is 0. The molecule has 2 rings (SSSR count). The van der Waals surface area contributed by atoms with Gasteiger partial charge in [-0.3, -0.25) is 0 Å². The van der Waals surface area contributed by atoms with E-state index in [1.165, 1.54) is 75.5 Å². The summed E-state index contributed by atoms with van der Waals surface area (Å²) in [6.45, 7) is 4.21. The first-order valence-corrected chi connectivity index (χ1v) is 10.0. The Labute approximate surface area is 147 Å². The number of para-hydroxylation sites is 2. The number of hydrogen-bond acceptors (Lipinski definition) is 2. The minimum Gasteiger partial charge on any atom is -0.330 e. The maximum atomic E-state index is 5.53. The van der Waals surface area contributed by atoms with Gasteiger partial charge in [0, 0.05) is 13.0 Å². The molecule has 1 aromatic heterocycles. The highest BCUT2D eigenvalue weighted by Gasteiger charge is 2.09. The molecule has 134 valence electrons. The molecular weight excluding hydrogens is 294 g/mol. The zero-order valence-electron chi connectivity index (χ0n) is 15.5. The number of aryl methyl sites for hydroxylation is 2. The fraction of sp³-hybridized carbons (Fsp3) is 0.667. The van der Waals surface area contributed by atoms with Crippen molar-refractivity contribution in [2.45, 2.75) is 84.1 Å². The Bertz CT molecular complexity index is 573. The molecule has 0 radical (unpaired) electrons. The van der Waals surface area contributed by atoms with Crippen LogP contribution < -0.4 is 5.73 Å². The van der Waals surface area contributed by atoms with Crippen molar-refractivity contribution < 1.29 is 0 Å². The first kappa shape index (κ1) is 19.0. The molecule has 0 aliphatic rings. The molecule has 0 aliphatic carbocycles. The molecule has 0 bridgehead atoms. The van der Waals surface area contributed by atoms with E-state index in [9.17, 15) is 0 Å². The van der Waals surface area contributed by atoms with Gasteiger partial charge in [-0.15, -0.1) is 0 Å². The highest BCUT2D eigenvalue weighted by molar-refractivity contribution is 5.75. The number of aromatic nitrogens is 2. The van der Waals surface area contributed by atoms with E-state index in [1.807, 2.05) is 0 Å². The molecule has 0 saturated carbocycles. The van der Waals surface area contributed by atoms with Crippen LogP contribution in [0.5, 0.6) is 0 Å². The van der Waals surface area contributed by atoms with Crippen molar-refractivity contribution in [3.63, 3.8) is 0 Å². The van der Waals surface area contributed by atoms with E-state index >= 15 is 0 Å². The van der Waals surface area contributed by atoms with Gasteiger partial charge in [-0.05, 0) is 37.9 Å². The fourth-order valence-corrected chi connectivity index (χ4v) is 3.37. The maximum absolute atomic E-state index is 5.53. The van der Waals surface area contributed by atoms with E-state index in [0.717, 1.165) is 25.0 Å². The molecule has 3 nitrogen and oxygen atoms in total. The Morgan fingerprint density at radius 2 is 1.54 bits per heavy atom. The van der Waals surface area contributed by atoms with Crippen LogP contribution in [0.2, 0.25) is 0 Å². The smallest absolute Gasteiger partial charge is 0.109 e. The lowest BCUT2D eigenvalue weighted by atomic mass is 10.1. The van der Waals surface area contributed by atoms with Gasteiger partial charge in [0.15, 0.2) is 0 Å². The van der Waals surface area contributed by atoms with Crippen LogP contribution in [0.25, 0.3) is 11.0 Å². The van der Waals surface area contributed by atoms with Crippen molar-refractivity contribution in [1.82, 2.24) is 9.55 Å². The van der Waals surface area contributed by atoms with Gasteiger partial charge in [0.2, 0.25) is 0 Å². The Kier molecular flexibility index (Phi) is 8.90. The third-order valence-corrected chi connectivity index (χ3v) is 4.82. The van der Waals surface area contributed by atoms with E-state index in [0.29, 0.717) is 0 Å². The van der Waals surface area contributed by atoms with Gasteiger partial charge in [-0.25, -0.2) is 4.98 Å². The third-order valence-electron chi connectivity index (χ3n) is 4.82. The lowest BCUT2D eigenvalue weighted by molar-refractivity contribution is 0.555. The first-order chi connectivity index (χ1) is 11.9. The van der Waals surface area contributed by atoms with Gasteiger partial charge in [0.25, 0.3) is 0 Å². The monoisotopic (exact) mass is 329 g/mol. The number of imidazole rings is 1. The molecule has 2 aromatic rings. The molecule has 0 unspecified atom stereocenters.